The number of aromatic nitrogens is 4. The molecule has 2 aromatic heterocycles. The number of aromatic amines is 2. The first-order chi connectivity index (χ1) is 14.2. The van der Waals surface area contributed by atoms with Crippen molar-refractivity contribution in [1.29, 1.82) is 0 Å². The number of fused-ring (bicyclic) bond motifs is 2. The topological polar surface area (TPSA) is 107 Å². The van der Waals surface area contributed by atoms with Crippen LogP contribution in [0.3, 0.4) is 0 Å². The quantitative estimate of drug-likeness (QED) is 0.503. The first-order valence-corrected chi connectivity index (χ1v) is 9.40. The molecule has 5 rings (SSSR count). The number of H-pyrrole nitrogens is 2. The minimum atomic E-state index is -0.477. The van der Waals surface area contributed by atoms with Crippen LogP contribution in [-0.4, -0.2) is 38.3 Å². The predicted molar refractivity (Wildman–Crippen MR) is 109 cm³/mol. The van der Waals surface area contributed by atoms with Crippen LogP contribution in [0, 0.1) is 0 Å². The molecule has 0 saturated heterocycles. The van der Waals surface area contributed by atoms with Crippen molar-refractivity contribution < 1.29 is 9.59 Å². The molecule has 0 atom stereocenters. The number of hydrogen-bond donors (Lipinski definition) is 3. The molecule has 29 heavy (non-hydrogen) atoms. The Kier molecular flexibility index (Phi) is 4.09. The molecule has 144 valence electrons. The number of nitrogens with one attached hydrogen (secondary N) is 3. The Labute approximate surface area is 166 Å². The second kappa shape index (κ2) is 6.90. The van der Waals surface area contributed by atoms with Crippen LogP contribution in [0.4, 0.5) is 11.6 Å². The van der Waals surface area contributed by atoms with Crippen LogP contribution >= 0.6 is 0 Å². The van der Waals surface area contributed by atoms with Crippen molar-refractivity contribution in [3.63, 3.8) is 0 Å². The summed E-state index contributed by atoms with van der Waals surface area (Å²) in [6.45, 7) is 0.591. The maximum absolute atomic E-state index is 13.2. The fraction of sp³-hybridized carbons (Fsp3) is 0.143. The van der Waals surface area contributed by atoms with E-state index in [0.29, 0.717) is 12.5 Å². The van der Waals surface area contributed by atoms with E-state index >= 15 is 0 Å². The molecule has 4 aromatic rings. The third-order valence-electron chi connectivity index (χ3n) is 5.05. The van der Waals surface area contributed by atoms with E-state index in [1.54, 1.807) is 4.90 Å². The molecule has 0 bridgehead atoms. The first-order valence-electron chi connectivity index (χ1n) is 9.40. The van der Waals surface area contributed by atoms with Gasteiger partial charge in [0.1, 0.15) is 5.69 Å². The molecule has 0 unspecified atom stereocenters. The van der Waals surface area contributed by atoms with Crippen LogP contribution in [0.15, 0.2) is 54.9 Å². The Morgan fingerprint density at radius 3 is 2.79 bits per heavy atom. The summed E-state index contributed by atoms with van der Waals surface area (Å²) in [5.74, 6) is -0.462. The third kappa shape index (κ3) is 3.04. The Hall–Kier alpha value is -3.94. The highest BCUT2D eigenvalue weighted by molar-refractivity contribution is 6.14. The molecule has 8 heteroatoms. The van der Waals surface area contributed by atoms with E-state index in [1.165, 1.54) is 6.33 Å². The standard InChI is InChI=1S/C21H18N6O2/c28-19(26-21-24-14-8-2-3-9-15(14)25-21)17-18(23-12-22-17)20(29)27-11-5-7-13-6-1-4-10-16(13)27/h1-4,6,8-10,12H,5,7,11H2,(H,22,23)(H2,24,25,26,28). The van der Waals surface area contributed by atoms with Crippen molar-refractivity contribution in [2.24, 2.45) is 0 Å². The largest absolute Gasteiger partial charge is 0.340 e. The number of aryl methyl sites for hydroxylation is 1. The van der Waals surface area contributed by atoms with Gasteiger partial charge >= 0.3 is 0 Å². The lowest BCUT2D eigenvalue weighted by molar-refractivity contribution is 0.0961. The van der Waals surface area contributed by atoms with Crippen LogP contribution in [0.1, 0.15) is 33.0 Å². The molecule has 8 nitrogen and oxygen atoms in total. The van der Waals surface area contributed by atoms with Gasteiger partial charge in [-0.15, -0.1) is 0 Å². The number of amides is 2. The number of hydrogen-bond acceptors (Lipinski definition) is 4. The summed E-state index contributed by atoms with van der Waals surface area (Å²) in [7, 11) is 0. The lowest BCUT2D eigenvalue weighted by Crippen LogP contribution is -2.36. The zero-order chi connectivity index (χ0) is 19.8. The number of para-hydroxylation sites is 3. The van der Waals surface area contributed by atoms with Crippen molar-refractivity contribution in [3.8, 4) is 0 Å². The van der Waals surface area contributed by atoms with E-state index in [0.717, 1.165) is 35.1 Å². The molecule has 0 aliphatic carbocycles. The molecule has 3 heterocycles. The summed E-state index contributed by atoms with van der Waals surface area (Å²) >= 11 is 0. The van der Waals surface area contributed by atoms with Gasteiger partial charge in [0.25, 0.3) is 11.8 Å². The van der Waals surface area contributed by atoms with E-state index in [-0.39, 0.29) is 17.3 Å². The SMILES string of the molecule is O=C(Nc1nc2ccccc2[nH]1)c1[nH]cnc1C(=O)N1CCCc2ccccc21. The van der Waals surface area contributed by atoms with Crippen molar-refractivity contribution in [2.75, 3.05) is 16.8 Å². The third-order valence-corrected chi connectivity index (χ3v) is 5.05. The van der Waals surface area contributed by atoms with Crippen molar-refractivity contribution >= 4 is 34.5 Å². The van der Waals surface area contributed by atoms with Crippen LogP contribution in [0.2, 0.25) is 0 Å². The second-order valence-electron chi connectivity index (χ2n) is 6.87. The van der Waals surface area contributed by atoms with Crippen LogP contribution in [0.25, 0.3) is 11.0 Å². The van der Waals surface area contributed by atoms with Crippen LogP contribution in [-0.2, 0) is 6.42 Å². The molecule has 1 aliphatic rings. The minimum Gasteiger partial charge on any atom is -0.340 e. The highest BCUT2D eigenvalue weighted by Gasteiger charge is 2.29. The van der Waals surface area contributed by atoms with Gasteiger partial charge < -0.3 is 14.9 Å². The maximum Gasteiger partial charge on any atom is 0.279 e. The van der Waals surface area contributed by atoms with Crippen LogP contribution < -0.4 is 10.2 Å². The summed E-state index contributed by atoms with van der Waals surface area (Å²) in [4.78, 5) is 42.0. The number of carbonyl (C=O) groups is 2. The van der Waals surface area contributed by atoms with Gasteiger partial charge in [-0.05, 0) is 36.6 Å². The Morgan fingerprint density at radius 1 is 1.07 bits per heavy atom. The van der Waals surface area contributed by atoms with Gasteiger partial charge in [0.15, 0.2) is 5.69 Å². The molecule has 2 amide bonds. The van der Waals surface area contributed by atoms with Gasteiger partial charge in [-0.3, -0.25) is 14.9 Å². The van der Waals surface area contributed by atoms with E-state index in [2.05, 4.69) is 25.3 Å². The maximum atomic E-state index is 13.2. The van der Waals surface area contributed by atoms with Crippen LogP contribution in [0.5, 0.6) is 0 Å². The number of anilines is 2. The van der Waals surface area contributed by atoms with Gasteiger partial charge in [0.2, 0.25) is 5.95 Å². The number of carbonyl (C=O) groups excluding carboxylic acids is 2. The van der Waals surface area contributed by atoms with Gasteiger partial charge in [-0.1, -0.05) is 30.3 Å². The van der Waals surface area contributed by atoms with E-state index < -0.39 is 5.91 Å². The number of nitrogens with zero attached hydrogens (tertiary/aromatic N) is 3. The summed E-state index contributed by atoms with van der Waals surface area (Å²) in [5, 5.41) is 2.70. The molecule has 3 N–H and O–H groups in total. The summed E-state index contributed by atoms with van der Waals surface area (Å²) in [6, 6.07) is 15.3. The fourth-order valence-corrected chi connectivity index (χ4v) is 3.68. The average molecular weight is 386 g/mol. The zero-order valence-electron chi connectivity index (χ0n) is 15.5. The van der Waals surface area contributed by atoms with Gasteiger partial charge in [-0.25, -0.2) is 9.97 Å². The van der Waals surface area contributed by atoms with Gasteiger partial charge in [0.05, 0.1) is 17.4 Å². The summed E-state index contributed by atoms with van der Waals surface area (Å²) in [6.07, 6.45) is 3.16. The smallest absolute Gasteiger partial charge is 0.279 e. The molecule has 1 aliphatic heterocycles. The molecule has 0 saturated carbocycles. The number of benzene rings is 2. The van der Waals surface area contributed by atoms with Crippen molar-refractivity contribution in [2.45, 2.75) is 12.8 Å². The van der Waals surface area contributed by atoms with Gasteiger partial charge in [0, 0.05) is 12.2 Å². The van der Waals surface area contributed by atoms with Crippen molar-refractivity contribution in [3.05, 3.63) is 71.8 Å². The Bertz CT molecular complexity index is 1190. The Morgan fingerprint density at radius 2 is 1.90 bits per heavy atom. The number of rotatable bonds is 3. The first kappa shape index (κ1) is 17.2. The highest BCUT2D eigenvalue weighted by Crippen LogP contribution is 2.28. The highest BCUT2D eigenvalue weighted by atomic mass is 16.2. The lowest BCUT2D eigenvalue weighted by atomic mass is 10.0. The fourth-order valence-electron chi connectivity index (χ4n) is 3.68. The summed E-state index contributed by atoms with van der Waals surface area (Å²) < 4.78 is 0. The molecule has 2 aromatic carbocycles. The van der Waals surface area contributed by atoms with E-state index in [4.69, 9.17) is 0 Å². The molecular formula is C21H18N6O2. The number of imidazole rings is 2. The second-order valence-corrected chi connectivity index (χ2v) is 6.87. The monoisotopic (exact) mass is 386 g/mol. The zero-order valence-corrected chi connectivity index (χ0v) is 15.5. The molecule has 0 spiro atoms. The lowest BCUT2D eigenvalue weighted by Gasteiger charge is -2.29. The summed E-state index contributed by atoms with van der Waals surface area (Å²) in [5.41, 5.74) is 3.75. The normalized spacial score (nSPS) is 13.3. The van der Waals surface area contributed by atoms with E-state index in [1.807, 2.05) is 48.5 Å². The van der Waals surface area contributed by atoms with Gasteiger partial charge in [-0.2, -0.15) is 0 Å². The average Bonchev–Trinajstić information content (AvgIpc) is 3.39. The van der Waals surface area contributed by atoms with Crippen molar-refractivity contribution in [1.82, 2.24) is 19.9 Å². The molecule has 0 fully saturated rings. The van der Waals surface area contributed by atoms with E-state index in [9.17, 15) is 9.59 Å². The predicted octanol–water partition coefficient (Wildman–Crippen LogP) is 3.13. The molecular weight excluding hydrogens is 368 g/mol. The molecule has 0 radical (unpaired) electrons. The Balaban J connectivity index is 1.42. The minimum absolute atomic E-state index is 0.0929.